The molecule has 6 heteroatoms. The van der Waals surface area contributed by atoms with Gasteiger partial charge in [0.2, 0.25) is 0 Å². The maximum atomic E-state index is 12.2. The number of hydrogen-bond donors (Lipinski definition) is 2. The summed E-state index contributed by atoms with van der Waals surface area (Å²) in [5.41, 5.74) is -1.68. The third kappa shape index (κ3) is 1.51. The zero-order valence-electron chi connectivity index (χ0n) is 11.8. The number of carboxylic acid groups (broad SMARTS) is 1. The number of allylic oxidation sites excluding steroid dienone is 2. The fraction of sp³-hybridized carbons (Fsp3) is 0.600. The van der Waals surface area contributed by atoms with E-state index in [1.165, 1.54) is 0 Å². The molecule has 2 aliphatic carbocycles. The van der Waals surface area contributed by atoms with Crippen LogP contribution in [0, 0.1) is 23.2 Å². The smallest absolute Gasteiger partial charge is 0.340 e. The van der Waals surface area contributed by atoms with Crippen LogP contribution in [-0.2, 0) is 14.3 Å². The van der Waals surface area contributed by atoms with Gasteiger partial charge in [-0.1, -0.05) is 24.6 Å². The molecule has 1 unspecified atom stereocenters. The standard InChI is InChI=1S/C15H17ClO5/c1-7-4-14-10(8(7)2)3-9(12(17)18)11(14)5-21-13(19)15(14,20)6-16/h3-4,8,10-11,20H,5-6H2,1-2H3,(H,17,18)/t8-,10+,11-,14?,15+/m0/s1. The van der Waals surface area contributed by atoms with E-state index < -0.39 is 28.9 Å². The van der Waals surface area contributed by atoms with E-state index in [0.29, 0.717) is 0 Å². The first-order chi connectivity index (χ1) is 9.79. The molecule has 3 rings (SSSR count). The third-order valence-electron chi connectivity index (χ3n) is 5.46. The highest BCUT2D eigenvalue weighted by Crippen LogP contribution is 2.64. The lowest BCUT2D eigenvalue weighted by Crippen LogP contribution is -2.64. The molecule has 0 bridgehead atoms. The summed E-state index contributed by atoms with van der Waals surface area (Å²) in [6.45, 7) is 3.86. The highest BCUT2D eigenvalue weighted by Gasteiger charge is 2.70. The number of carbonyl (C=O) groups is 2. The van der Waals surface area contributed by atoms with Crippen LogP contribution in [0.2, 0.25) is 0 Å². The van der Waals surface area contributed by atoms with Crippen LogP contribution in [0.25, 0.3) is 0 Å². The number of aliphatic hydroxyl groups is 1. The highest BCUT2D eigenvalue weighted by atomic mass is 35.5. The molecule has 5 nitrogen and oxygen atoms in total. The van der Waals surface area contributed by atoms with Gasteiger partial charge in [0, 0.05) is 16.9 Å². The van der Waals surface area contributed by atoms with Crippen molar-refractivity contribution in [2.75, 3.05) is 12.5 Å². The van der Waals surface area contributed by atoms with E-state index in [9.17, 15) is 19.8 Å². The summed E-state index contributed by atoms with van der Waals surface area (Å²) in [5, 5.41) is 20.4. The molecule has 3 aliphatic rings. The number of carboxylic acids is 1. The molecule has 1 fully saturated rings. The number of esters is 1. The van der Waals surface area contributed by atoms with Crippen LogP contribution in [0.15, 0.2) is 23.3 Å². The molecule has 114 valence electrons. The van der Waals surface area contributed by atoms with Crippen molar-refractivity contribution in [1.29, 1.82) is 0 Å². The first-order valence-corrected chi connectivity index (χ1v) is 7.43. The van der Waals surface area contributed by atoms with Crippen molar-refractivity contribution < 1.29 is 24.5 Å². The average Bonchev–Trinajstić information content (AvgIpc) is 2.89. The molecule has 0 saturated carbocycles. The van der Waals surface area contributed by atoms with Crippen LogP contribution < -0.4 is 0 Å². The Morgan fingerprint density at radius 2 is 2.24 bits per heavy atom. The Morgan fingerprint density at radius 1 is 1.57 bits per heavy atom. The monoisotopic (exact) mass is 312 g/mol. The molecule has 1 saturated heterocycles. The molecule has 5 atom stereocenters. The largest absolute Gasteiger partial charge is 0.478 e. The first-order valence-electron chi connectivity index (χ1n) is 6.89. The lowest BCUT2D eigenvalue weighted by molar-refractivity contribution is -0.199. The second-order valence-corrected chi connectivity index (χ2v) is 6.48. The lowest BCUT2D eigenvalue weighted by Gasteiger charge is -2.49. The predicted molar refractivity (Wildman–Crippen MR) is 74.7 cm³/mol. The second kappa shape index (κ2) is 4.34. The Kier molecular flexibility index (Phi) is 3.01. The van der Waals surface area contributed by atoms with Crippen molar-refractivity contribution in [3.8, 4) is 0 Å². The van der Waals surface area contributed by atoms with Gasteiger partial charge in [0.25, 0.3) is 0 Å². The minimum Gasteiger partial charge on any atom is -0.478 e. The third-order valence-corrected chi connectivity index (χ3v) is 5.85. The minimum atomic E-state index is -1.90. The Morgan fingerprint density at radius 3 is 2.81 bits per heavy atom. The number of hydrogen-bond acceptors (Lipinski definition) is 4. The minimum absolute atomic E-state index is 0.0385. The number of carbonyl (C=O) groups excluding carboxylic acids is 1. The summed E-state index contributed by atoms with van der Waals surface area (Å²) in [7, 11) is 0. The van der Waals surface area contributed by atoms with Crippen LogP contribution in [-0.4, -0.2) is 40.2 Å². The quantitative estimate of drug-likeness (QED) is 0.457. The Bertz CT molecular complexity index is 595. The number of rotatable bonds is 2. The van der Waals surface area contributed by atoms with Gasteiger partial charge in [-0.3, -0.25) is 0 Å². The maximum absolute atomic E-state index is 12.2. The molecule has 0 aromatic rings. The van der Waals surface area contributed by atoms with Crippen molar-refractivity contribution in [3.05, 3.63) is 23.3 Å². The van der Waals surface area contributed by atoms with Crippen LogP contribution in [0.5, 0.6) is 0 Å². The lowest BCUT2D eigenvalue weighted by atomic mass is 9.59. The molecular weight excluding hydrogens is 296 g/mol. The van der Waals surface area contributed by atoms with Gasteiger partial charge in [0.05, 0.1) is 12.5 Å². The summed E-state index contributed by atoms with van der Waals surface area (Å²) in [4.78, 5) is 23.7. The fourth-order valence-electron chi connectivity index (χ4n) is 4.24. The van der Waals surface area contributed by atoms with Gasteiger partial charge in [0.15, 0.2) is 5.60 Å². The summed E-state index contributed by atoms with van der Waals surface area (Å²) in [6.07, 6.45) is 3.52. The maximum Gasteiger partial charge on any atom is 0.340 e. The van der Waals surface area contributed by atoms with E-state index in [4.69, 9.17) is 16.3 Å². The van der Waals surface area contributed by atoms with E-state index in [1.807, 2.05) is 19.9 Å². The number of alkyl halides is 1. The number of halogens is 1. The van der Waals surface area contributed by atoms with Crippen molar-refractivity contribution in [1.82, 2.24) is 0 Å². The molecule has 1 heterocycles. The Balaban J connectivity index is 2.23. The van der Waals surface area contributed by atoms with Gasteiger partial charge >= 0.3 is 11.9 Å². The van der Waals surface area contributed by atoms with Gasteiger partial charge in [-0.05, 0) is 18.8 Å². The predicted octanol–water partition coefficient (Wildman–Crippen LogP) is 1.35. The first kappa shape index (κ1) is 14.6. The van der Waals surface area contributed by atoms with Crippen molar-refractivity contribution in [2.45, 2.75) is 19.4 Å². The SMILES string of the molecule is CC1=CC23[C@H](C=C(C(=O)O)[C@@H]2COC(=O)[C@]3(O)CCl)[C@H]1C. The number of aliphatic carboxylic acids is 1. The topological polar surface area (TPSA) is 83.8 Å². The van der Waals surface area contributed by atoms with Gasteiger partial charge in [-0.2, -0.15) is 0 Å². The van der Waals surface area contributed by atoms with E-state index in [-0.39, 0.29) is 29.9 Å². The van der Waals surface area contributed by atoms with E-state index in [0.717, 1.165) is 5.57 Å². The summed E-state index contributed by atoms with van der Waals surface area (Å²) in [6, 6.07) is 0. The molecular formula is C15H17ClO5. The van der Waals surface area contributed by atoms with Gasteiger partial charge in [-0.15, -0.1) is 11.6 Å². The summed E-state index contributed by atoms with van der Waals surface area (Å²) >= 11 is 5.92. The molecule has 0 radical (unpaired) electrons. The molecule has 2 N–H and O–H groups in total. The molecule has 1 spiro atoms. The fourth-order valence-corrected chi connectivity index (χ4v) is 4.58. The van der Waals surface area contributed by atoms with E-state index in [1.54, 1.807) is 6.08 Å². The van der Waals surface area contributed by atoms with E-state index >= 15 is 0 Å². The van der Waals surface area contributed by atoms with Crippen molar-refractivity contribution in [2.24, 2.45) is 23.2 Å². The van der Waals surface area contributed by atoms with Crippen LogP contribution in [0.1, 0.15) is 13.8 Å². The second-order valence-electron chi connectivity index (χ2n) is 6.21. The van der Waals surface area contributed by atoms with Crippen LogP contribution in [0.4, 0.5) is 0 Å². The zero-order valence-corrected chi connectivity index (χ0v) is 12.6. The van der Waals surface area contributed by atoms with Crippen LogP contribution >= 0.6 is 11.6 Å². The normalized spacial score (nSPS) is 44.6. The summed E-state index contributed by atoms with van der Waals surface area (Å²) < 4.78 is 5.05. The van der Waals surface area contributed by atoms with Crippen molar-refractivity contribution >= 4 is 23.5 Å². The zero-order chi connectivity index (χ0) is 15.6. The van der Waals surface area contributed by atoms with Gasteiger partial charge in [-0.25, -0.2) is 9.59 Å². The average molecular weight is 313 g/mol. The number of cyclic esters (lactones) is 1. The molecule has 21 heavy (non-hydrogen) atoms. The molecule has 0 aromatic heterocycles. The van der Waals surface area contributed by atoms with E-state index in [2.05, 4.69) is 0 Å². The van der Waals surface area contributed by atoms with Gasteiger partial charge < -0.3 is 14.9 Å². The van der Waals surface area contributed by atoms with Crippen LogP contribution in [0.3, 0.4) is 0 Å². The Hall–Kier alpha value is -1.33. The highest BCUT2D eigenvalue weighted by molar-refractivity contribution is 6.20. The molecule has 0 aromatic carbocycles. The molecule has 0 amide bonds. The van der Waals surface area contributed by atoms with Crippen molar-refractivity contribution in [3.63, 3.8) is 0 Å². The summed E-state index contributed by atoms with van der Waals surface area (Å²) in [5.74, 6) is -2.91. The number of ether oxygens (including phenoxy) is 1. The molecule has 1 aliphatic heterocycles. The van der Waals surface area contributed by atoms with Gasteiger partial charge in [0.1, 0.15) is 0 Å². The Labute approximate surface area is 127 Å².